The molecule has 4 heterocycles. The Balaban J connectivity index is 1.40. The summed E-state index contributed by atoms with van der Waals surface area (Å²) in [6, 6.07) is 7.84. The third kappa shape index (κ3) is 5.34. The Morgan fingerprint density at radius 2 is 2.03 bits per heavy atom. The van der Waals surface area contributed by atoms with Crippen molar-refractivity contribution in [3.05, 3.63) is 60.2 Å². The molecule has 0 amide bonds. The summed E-state index contributed by atoms with van der Waals surface area (Å²) in [6.45, 7) is 6.65. The first-order valence-corrected chi connectivity index (χ1v) is 12.4. The number of aliphatic hydroxyl groups excluding tert-OH is 1. The molecule has 0 saturated carbocycles. The smallest absolute Gasteiger partial charge is 0.227 e. The highest BCUT2D eigenvalue weighted by molar-refractivity contribution is 5.92. The topological polar surface area (TPSA) is 101 Å². The van der Waals surface area contributed by atoms with Crippen LogP contribution in [0, 0.1) is 0 Å². The Labute approximate surface area is 215 Å². The Kier molecular flexibility index (Phi) is 6.68. The number of halogens is 1. The average Bonchev–Trinajstić information content (AvgIpc) is 3.29. The molecular formula is C27H32FN7O2. The van der Waals surface area contributed by atoms with E-state index < -0.39 is 11.8 Å². The number of ether oxygens (including phenoxy) is 1. The number of benzene rings is 1. The summed E-state index contributed by atoms with van der Waals surface area (Å²) in [6.07, 6.45) is 6.51. The highest BCUT2D eigenvalue weighted by Crippen LogP contribution is 2.34. The van der Waals surface area contributed by atoms with Gasteiger partial charge in [-0.05, 0) is 48.4 Å². The van der Waals surface area contributed by atoms with Crippen molar-refractivity contribution in [1.82, 2.24) is 24.7 Å². The number of aromatic nitrogens is 5. The van der Waals surface area contributed by atoms with Crippen LogP contribution in [-0.4, -0.2) is 54.7 Å². The average molecular weight is 506 g/mol. The predicted octanol–water partition coefficient (Wildman–Crippen LogP) is 4.50. The zero-order chi connectivity index (χ0) is 26.2. The zero-order valence-corrected chi connectivity index (χ0v) is 21.5. The molecule has 5 rings (SSSR count). The lowest BCUT2D eigenvalue weighted by Crippen LogP contribution is -2.52. The lowest BCUT2D eigenvalue weighted by molar-refractivity contribution is -0.00860. The molecule has 0 radical (unpaired) electrons. The minimum absolute atomic E-state index is 0.0331. The third-order valence-electron chi connectivity index (χ3n) is 6.72. The first kappa shape index (κ1) is 24.9. The molecule has 10 heteroatoms. The van der Waals surface area contributed by atoms with Gasteiger partial charge in [0.1, 0.15) is 24.0 Å². The summed E-state index contributed by atoms with van der Waals surface area (Å²) in [5, 5.41) is 19.4. The van der Waals surface area contributed by atoms with Crippen LogP contribution in [-0.2, 0) is 13.7 Å². The molecule has 9 nitrogen and oxygen atoms in total. The number of fused-ring (bicyclic) bond motifs is 1. The van der Waals surface area contributed by atoms with Crippen molar-refractivity contribution in [3.63, 3.8) is 0 Å². The molecule has 0 unspecified atom stereocenters. The molecule has 4 aromatic rings. The summed E-state index contributed by atoms with van der Waals surface area (Å²) in [5.41, 5.74) is 0.465. The van der Waals surface area contributed by atoms with Crippen molar-refractivity contribution < 1.29 is 14.2 Å². The van der Waals surface area contributed by atoms with Crippen LogP contribution < -0.4 is 15.0 Å². The number of pyridine rings is 1. The van der Waals surface area contributed by atoms with Crippen molar-refractivity contribution in [2.45, 2.75) is 51.5 Å². The van der Waals surface area contributed by atoms with E-state index >= 15 is 0 Å². The van der Waals surface area contributed by atoms with Crippen molar-refractivity contribution in [2.75, 3.05) is 23.3 Å². The van der Waals surface area contributed by atoms with Gasteiger partial charge < -0.3 is 20.1 Å². The maximum Gasteiger partial charge on any atom is 0.227 e. The first-order chi connectivity index (χ1) is 17.7. The molecule has 1 aliphatic rings. The van der Waals surface area contributed by atoms with Gasteiger partial charge in [-0.25, -0.2) is 14.4 Å². The largest absolute Gasteiger partial charge is 0.488 e. The fourth-order valence-corrected chi connectivity index (χ4v) is 4.65. The number of nitrogens with one attached hydrogen (secondary N) is 1. The van der Waals surface area contributed by atoms with Crippen molar-refractivity contribution in [1.29, 1.82) is 0 Å². The maximum atomic E-state index is 14.7. The second kappa shape index (κ2) is 9.93. The number of aryl methyl sites for hydroxylation is 1. The summed E-state index contributed by atoms with van der Waals surface area (Å²) in [7, 11) is 1.88. The summed E-state index contributed by atoms with van der Waals surface area (Å²) >= 11 is 0. The molecule has 0 bridgehead atoms. The Bertz CT molecular complexity index is 1400. The van der Waals surface area contributed by atoms with E-state index in [1.165, 1.54) is 12.5 Å². The van der Waals surface area contributed by atoms with E-state index in [1.807, 2.05) is 31.6 Å². The first-order valence-electron chi connectivity index (χ1n) is 12.4. The summed E-state index contributed by atoms with van der Waals surface area (Å²) < 4.78 is 22.6. The second-order valence-corrected chi connectivity index (χ2v) is 10.1. The van der Waals surface area contributed by atoms with Gasteiger partial charge in [-0.1, -0.05) is 19.9 Å². The molecule has 37 heavy (non-hydrogen) atoms. The molecule has 1 aromatic carbocycles. The number of piperidine rings is 1. The monoisotopic (exact) mass is 505 g/mol. The Morgan fingerprint density at radius 3 is 2.76 bits per heavy atom. The standard InChI is InChI=1S/C27H32FN7O2/c1-17(2)19-5-6-22(37-15-18-12-31-34(4)14-18)21-13-30-25(11-20(19)21)32-24-7-9-29-26(33-24)35-10-8-23(36)27(3,28)16-35/h5-7,9,11-14,17,23,36H,8,10,15-16H2,1-4H3,(H,29,30,32,33)/t23-,27+/m1/s1. The van der Waals surface area contributed by atoms with Crippen LogP contribution in [0.3, 0.4) is 0 Å². The van der Waals surface area contributed by atoms with Crippen LogP contribution >= 0.6 is 0 Å². The molecule has 0 spiro atoms. The fraction of sp³-hybridized carbons (Fsp3) is 0.407. The molecule has 3 aromatic heterocycles. The van der Waals surface area contributed by atoms with Crippen molar-refractivity contribution in [2.24, 2.45) is 7.05 Å². The predicted molar refractivity (Wildman–Crippen MR) is 141 cm³/mol. The molecular weight excluding hydrogens is 473 g/mol. The van der Waals surface area contributed by atoms with Gasteiger partial charge >= 0.3 is 0 Å². The number of anilines is 3. The Morgan fingerprint density at radius 1 is 1.19 bits per heavy atom. The number of nitrogens with zero attached hydrogens (tertiary/aromatic N) is 6. The minimum atomic E-state index is -1.71. The number of alkyl halides is 1. The van der Waals surface area contributed by atoms with Gasteiger partial charge in [-0.2, -0.15) is 10.1 Å². The number of hydrogen-bond donors (Lipinski definition) is 2. The van der Waals surface area contributed by atoms with E-state index in [0.29, 0.717) is 43.1 Å². The van der Waals surface area contributed by atoms with Crippen LogP contribution in [0.25, 0.3) is 10.8 Å². The molecule has 194 valence electrons. The molecule has 1 aliphatic heterocycles. The highest BCUT2D eigenvalue weighted by Gasteiger charge is 2.39. The van der Waals surface area contributed by atoms with Gasteiger partial charge in [0.05, 0.1) is 18.8 Å². The van der Waals surface area contributed by atoms with E-state index in [-0.39, 0.29) is 6.54 Å². The molecule has 0 aliphatic carbocycles. The Hall–Kier alpha value is -3.79. The number of rotatable bonds is 7. The summed E-state index contributed by atoms with van der Waals surface area (Å²) in [4.78, 5) is 15.3. The molecule has 1 fully saturated rings. The van der Waals surface area contributed by atoms with Gasteiger partial charge in [0.2, 0.25) is 5.95 Å². The van der Waals surface area contributed by atoms with Crippen molar-refractivity contribution in [3.8, 4) is 5.75 Å². The second-order valence-electron chi connectivity index (χ2n) is 10.1. The quantitative estimate of drug-likeness (QED) is 0.379. The molecule has 2 atom stereocenters. The van der Waals surface area contributed by atoms with Crippen LogP contribution in [0.15, 0.2) is 49.1 Å². The van der Waals surface area contributed by atoms with Gasteiger partial charge in [-0.3, -0.25) is 4.68 Å². The lowest BCUT2D eigenvalue weighted by Gasteiger charge is -2.38. The van der Waals surface area contributed by atoms with Gasteiger partial charge in [0.25, 0.3) is 0 Å². The maximum absolute atomic E-state index is 14.7. The fourth-order valence-electron chi connectivity index (χ4n) is 4.65. The van der Waals surface area contributed by atoms with Gasteiger partial charge in [0.15, 0.2) is 5.67 Å². The van der Waals surface area contributed by atoms with Crippen LogP contribution in [0.2, 0.25) is 0 Å². The normalized spacial score (nSPS) is 20.0. The molecule has 2 N–H and O–H groups in total. The highest BCUT2D eigenvalue weighted by atomic mass is 19.1. The number of aliphatic hydroxyl groups is 1. The van der Waals surface area contributed by atoms with Gasteiger partial charge in [0, 0.05) is 43.1 Å². The van der Waals surface area contributed by atoms with E-state index in [9.17, 15) is 9.50 Å². The number of hydrogen-bond acceptors (Lipinski definition) is 8. The van der Waals surface area contributed by atoms with Crippen LogP contribution in [0.4, 0.5) is 22.0 Å². The minimum Gasteiger partial charge on any atom is -0.488 e. The SMILES string of the molecule is CC(C)c1ccc(OCc2cnn(C)c2)c2cnc(Nc3ccnc(N4CC[C@@H](O)[C@@](C)(F)C4)n3)cc12. The van der Waals surface area contributed by atoms with Crippen LogP contribution in [0.5, 0.6) is 5.75 Å². The van der Waals surface area contributed by atoms with E-state index in [2.05, 4.69) is 45.3 Å². The van der Waals surface area contributed by atoms with E-state index in [1.54, 1.807) is 28.0 Å². The lowest BCUT2D eigenvalue weighted by atomic mass is 9.94. The third-order valence-corrected chi connectivity index (χ3v) is 6.72. The van der Waals surface area contributed by atoms with Crippen molar-refractivity contribution >= 4 is 28.4 Å². The van der Waals surface area contributed by atoms with Gasteiger partial charge in [-0.15, -0.1) is 0 Å². The zero-order valence-electron chi connectivity index (χ0n) is 21.5. The van der Waals surface area contributed by atoms with E-state index in [0.717, 1.165) is 22.1 Å². The summed E-state index contributed by atoms with van der Waals surface area (Å²) in [5.74, 6) is 2.66. The van der Waals surface area contributed by atoms with Crippen LogP contribution in [0.1, 0.15) is 44.2 Å². The molecule has 1 saturated heterocycles. The van der Waals surface area contributed by atoms with E-state index in [4.69, 9.17) is 4.74 Å².